The van der Waals surface area contributed by atoms with Gasteiger partial charge in [-0.15, -0.1) is 0 Å². The molecule has 0 atom stereocenters. The molecule has 168 valence electrons. The fraction of sp³-hybridized carbons (Fsp3) is 0.154. The molecule has 0 unspecified atom stereocenters. The Labute approximate surface area is 200 Å². The van der Waals surface area contributed by atoms with Crippen molar-refractivity contribution in [3.63, 3.8) is 0 Å². The van der Waals surface area contributed by atoms with Crippen molar-refractivity contribution in [2.24, 2.45) is 12.0 Å². The largest absolute Gasteiger partial charge is 0.493 e. The van der Waals surface area contributed by atoms with E-state index in [4.69, 9.17) is 9.47 Å². The molecule has 0 bridgehead atoms. The predicted molar refractivity (Wildman–Crippen MR) is 134 cm³/mol. The van der Waals surface area contributed by atoms with Crippen molar-refractivity contribution in [3.8, 4) is 17.2 Å². The number of benzene rings is 3. The van der Waals surface area contributed by atoms with Gasteiger partial charge in [0, 0.05) is 13.3 Å². The molecule has 4 rings (SSSR count). The van der Waals surface area contributed by atoms with Gasteiger partial charge in [0.15, 0.2) is 17.2 Å². The van der Waals surface area contributed by atoms with Crippen molar-refractivity contribution in [3.05, 3.63) is 104 Å². The zero-order valence-corrected chi connectivity index (χ0v) is 20.2. The second kappa shape index (κ2) is 9.92. The van der Waals surface area contributed by atoms with Crippen molar-refractivity contribution in [2.75, 3.05) is 7.11 Å². The van der Waals surface area contributed by atoms with Gasteiger partial charge >= 0.3 is 0 Å². The van der Waals surface area contributed by atoms with Crippen LogP contribution in [0.5, 0.6) is 11.5 Å². The fourth-order valence-corrected chi connectivity index (χ4v) is 4.10. The van der Waals surface area contributed by atoms with Crippen LogP contribution in [0.4, 0.5) is 5.69 Å². The molecule has 0 amide bonds. The van der Waals surface area contributed by atoms with Gasteiger partial charge in [0.1, 0.15) is 6.61 Å². The predicted octanol–water partition coefficient (Wildman–Crippen LogP) is 5.59. The zero-order chi connectivity index (χ0) is 23.4. The second-order valence-electron chi connectivity index (χ2n) is 7.48. The van der Waals surface area contributed by atoms with Crippen molar-refractivity contribution >= 4 is 27.8 Å². The van der Waals surface area contributed by atoms with Crippen LogP contribution in [-0.2, 0) is 13.7 Å². The monoisotopic (exact) mass is 505 g/mol. The van der Waals surface area contributed by atoms with Crippen molar-refractivity contribution in [1.82, 2.24) is 9.36 Å². The Kier molecular flexibility index (Phi) is 6.79. The molecule has 4 aromatic rings. The Bertz CT molecular complexity index is 1340. The van der Waals surface area contributed by atoms with Gasteiger partial charge in [-0.25, -0.2) is 9.67 Å². The number of nitrogens with zero attached hydrogens (tertiary/aromatic N) is 3. The Balaban J connectivity index is 1.63. The molecule has 0 fully saturated rings. The van der Waals surface area contributed by atoms with E-state index >= 15 is 0 Å². The lowest BCUT2D eigenvalue weighted by Gasteiger charge is -2.13. The van der Waals surface area contributed by atoms with E-state index in [0.717, 1.165) is 27.0 Å². The minimum Gasteiger partial charge on any atom is -0.493 e. The molecule has 3 aromatic carbocycles. The summed E-state index contributed by atoms with van der Waals surface area (Å²) in [5.74, 6) is 1.19. The molecule has 0 saturated carbocycles. The van der Waals surface area contributed by atoms with Gasteiger partial charge in [0.05, 0.1) is 23.0 Å². The molecule has 0 spiro atoms. The highest BCUT2D eigenvalue weighted by Gasteiger charge is 2.16. The first kappa shape index (κ1) is 22.6. The summed E-state index contributed by atoms with van der Waals surface area (Å²) >= 11 is 3.58. The van der Waals surface area contributed by atoms with Gasteiger partial charge in [-0.2, -0.15) is 0 Å². The van der Waals surface area contributed by atoms with E-state index < -0.39 is 0 Å². The third-order valence-corrected chi connectivity index (χ3v) is 5.93. The van der Waals surface area contributed by atoms with Gasteiger partial charge in [0.2, 0.25) is 0 Å². The fourth-order valence-electron chi connectivity index (χ4n) is 3.53. The highest BCUT2D eigenvalue weighted by molar-refractivity contribution is 9.10. The summed E-state index contributed by atoms with van der Waals surface area (Å²) in [6.07, 6.45) is 1.66. The first-order chi connectivity index (χ1) is 16.0. The maximum absolute atomic E-state index is 13.1. The van der Waals surface area contributed by atoms with Crippen LogP contribution in [0.15, 0.2) is 87.1 Å². The topological polar surface area (TPSA) is 57.8 Å². The lowest BCUT2D eigenvalue weighted by atomic mass is 10.2. The van der Waals surface area contributed by atoms with Crippen LogP contribution >= 0.6 is 15.9 Å². The van der Waals surface area contributed by atoms with E-state index in [1.165, 1.54) is 0 Å². The van der Waals surface area contributed by atoms with Crippen LogP contribution in [-0.4, -0.2) is 22.7 Å². The lowest BCUT2D eigenvalue weighted by molar-refractivity contribution is 0.282. The number of rotatable bonds is 7. The summed E-state index contributed by atoms with van der Waals surface area (Å²) in [6, 6.07) is 23.2. The minimum atomic E-state index is -0.175. The normalized spacial score (nSPS) is 11.2. The summed E-state index contributed by atoms with van der Waals surface area (Å²) in [4.78, 5) is 17.6. The molecule has 0 aliphatic rings. The molecule has 33 heavy (non-hydrogen) atoms. The van der Waals surface area contributed by atoms with Gasteiger partial charge in [-0.1, -0.05) is 48.5 Å². The molecular weight excluding hydrogens is 482 g/mol. The summed E-state index contributed by atoms with van der Waals surface area (Å²) < 4.78 is 15.7. The standard InChI is InChI=1S/C26H24BrN3O3/c1-18-24(26(31)30(29(18)2)21-12-8-5-9-13-21)28-16-20-14-22(27)25(23(15-20)32-3)33-17-19-10-6-4-7-11-19/h4-16H,17H2,1-3H3. The zero-order valence-electron chi connectivity index (χ0n) is 18.7. The third kappa shape index (κ3) is 4.78. The molecule has 6 nitrogen and oxygen atoms in total. The molecule has 7 heteroatoms. The molecule has 0 saturated heterocycles. The average molecular weight is 506 g/mol. The van der Waals surface area contributed by atoms with Crippen molar-refractivity contribution in [2.45, 2.75) is 13.5 Å². The first-order valence-electron chi connectivity index (χ1n) is 10.4. The van der Waals surface area contributed by atoms with Crippen LogP contribution in [0.2, 0.25) is 0 Å². The highest BCUT2D eigenvalue weighted by Crippen LogP contribution is 2.37. The SMILES string of the molecule is COc1cc(C=Nc2c(C)n(C)n(-c3ccccc3)c2=O)cc(Br)c1OCc1ccccc1. The van der Waals surface area contributed by atoms with Gasteiger partial charge in [-0.3, -0.25) is 9.48 Å². The number of halogens is 1. The summed E-state index contributed by atoms with van der Waals surface area (Å²) in [5.41, 5.74) is 3.62. The van der Waals surface area contributed by atoms with Crippen LogP contribution in [0.3, 0.4) is 0 Å². The van der Waals surface area contributed by atoms with E-state index in [1.54, 1.807) is 22.7 Å². The summed E-state index contributed by atoms with van der Waals surface area (Å²) in [6.45, 7) is 2.30. The average Bonchev–Trinajstić information content (AvgIpc) is 3.05. The number of hydrogen-bond acceptors (Lipinski definition) is 4. The third-order valence-electron chi connectivity index (χ3n) is 5.34. The summed E-state index contributed by atoms with van der Waals surface area (Å²) in [5, 5.41) is 0. The van der Waals surface area contributed by atoms with Crippen LogP contribution < -0.4 is 15.0 Å². The molecule has 0 aliphatic carbocycles. The number of hydrogen-bond donors (Lipinski definition) is 0. The molecule has 0 aliphatic heterocycles. The number of aromatic nitrogens is 2. The molecule has 0 radical (unpaired) electrons. The maximum atomic E-state index is 13.1. The Morgan fingerprint density at radius 2 is 1.70 bits per heavy atom. The molecule has 1 heterocycles. The van der Waals surface area contributed by atoms with E-state index in [-0.39, 0.29) is 5.56 Å². The van der Waals surface area contributed by atoms with Crippen LogP contribution in [0, 0.1) is 6.92 Å². The smallest absolute Gasteiger partial charge is 0.297 e. The van der Waals surface area contributed by atoms with Crippen molar-refractivity contribution < 1.29 is 9.47 Å². The number of methoxy groups -OCH3 is 1. The molecule has 0 N–H and O–H groups in total. The summed E-state index contributed by atoms with van der Waals surface area (Å²) in [7, 11) is 3.44. The number of aliphatic imine (C=N–C) groups is 1. The Hall–Kier alpha value is -3.58. The van der Waals surface area contributed by atoms with Crippen molar-refractivity contribution in [1.29, 1.82) is 0 Å². The number of ether oxygens (including phenoxy) is 2. The maximum Gasteiger partial charge on any atom is 0.297 e. The Morgan fingerprint density at radius 3 is 2.36 bits per heavy atom. The highest BCUT2D eigenvalue weighted by atomic mass is 79.9. The van der Waals surface area contributed by atoms with E-state index in [9.17, 15) is 4.79 Å². The van der Waals surface area contributed by atoms with Gasteiger partial charge in [-0.05, 0) is 58.2 Å². The van der Waals surface area contributed by atoms with Crippen LogP contribution in [0.25, 0.3) is 5.69 Å². The number of para-hydroxylation sites is 1. The molecule has 1 aromatic heterocycles. The van der Waals surface area contributed by atoms with Gasteiger partial charge < -0.3 is 9.47 Å². The molecular formula is C26H24BrN3O3. The Morgan fingerprint density at radius 1 is 1.03 bits per heavy atom. The van der Waals surface area contributed by atoms with E-state index in [2.05, 4.69) is 20.9 Å². The first-order valence-corrected chi connectivity index (χ1v) is 11.2. The van der Waals surface area contributed by atoms with Crippen LogP contribution in [0.1, 0.15) is 16.8 Å². The second-order valence-corrected chi connectivity index (χ2v) is 8.33. The van der Waals surface area contributed by atoms with E-state index in [0.29, 0.717) is 23.8 Å². The minimum absolute atomic E-state index is 0.175. The van der Waals surface area contributed by atoms with Gasteiger partial charge in [0.25, 0.3) is 5.56 Å². The lowest BCUT2D eigenvalue weighted by Crippen LogP contribution is -2.19. The quantitative estimate of drug-likeness (QED) is 0.308. The van der Waals surface area contributed by atoms with E-state index in [1.807, 2.05) is 86.8 Å².